The van der Waals surface area contributed by atoms with Crippen molar-refractivity contribution in [3.05, 3.63) is 146 Å². The molecule has 0 radical (unpaired) electrons. The second-order valence-electron chi connectivity index (χ2n) is 12.1. The van der Waals surface area contributed by atoms with Crippen molar-refractivity contribution < 1.29 is 37.6 Å². The molecule has 0 aliphatic carbocycles. The van der Waals surface area contributed by atoms with E-state index in [0.29, 0.717) is 0 Å². The third-order valence-corrected chi connectivity index (χ3v) is 8.16. The molecule has 0 spiro atoms. The molecule has 9 nitrogen and oxygen atoms in total. The topological polar surface area (TPSA) is 134 Å². The molecule has 0 heterocycles. The Morgan fingerprint density at radius 2 is 0.945 bits per heavy atom. The largest absolute Gasteiger partial charge is 0.472 e. The van der Waals surface area contributed by atoms with Gasteiger partial charge in [0.05, 0.1) is 13.2 Å². The van der Waals surface area contributed by atoms with E-state index >= 15 is 0 Å². The summed E-state index contributed by atoms with van der Waals surface area (Å²) in [5, 5.41) is 0. The first-order valence-electron chi connectivity index (χ1n) is 19.5. The number of nitrogens with two attached hydrogens (primary N) is 1. The average Bonchev–Trinajstić information content (AvgIpc) is 3.17. The van der Waals surface area contributed by atoms with E-state index in [1.165, 1.54) is 82.4 Å². The summed E-state index contributed by atoms with van der Waals surface area (Å²) in [4.78, 5) is 34.5. The van der Waals surface area contributed by atoms with Crippen molar-refractivity contribution in [3.63, 3.8) is 0 Å². The van der Waals surface area contributed by atoms with Gasteiger partial charge in [0.15, 0.2) is 6.10 Å². The molecule has 0 fully saturated rings. The molecule has 0 aliphatic rings. The van der Waals surface area contributed by atoms with Crippen LogP contribution in [0.5, 0.6) is 0 Å². The van der Waals surface area contributed by atoms with E-state index in [0.717, 1.165) is 18.9 Å². The molecule has 1 unspecified atom stereocenters. The fourth-order valence-electron chi connectivity index (χ4n) is 4.30. The van der Waals surface area contributed by atoms with Gasteiger partial charge < -0.3 is 20.1 Å². The number of phosphoric ester groups is 1. The summed E-state index contributed by atoms with van der Waals surface area (Å²) in [6, 6.07) is 0. The van der Waals surface area contributed by atoms with E-state index in [4.69, 9.17) is 24.3 Å². The number of unbranched alkanes of at least 4 members (excludes halogenated alkanes) is 10. The lowest BCUT2D eigenvalue weighted by molar-refractivity contribution is -0.154. The fourth-order valence-corrected chi connectivity index (χ4v) is 5.07. The van der Waals surface area contributed by atoms with Gasteiger partial charge in [-0.05, 0) is 25.7 Å². The lowest BCUT2D eigenvalue weighted by Crippen LogP contribution is -2.28. The number of hydrogen-bond acceptors (Lipinski definition) is 8. The van der Waals surface area contributed by atoms with Crippen LogP contribution in [0.3, 0.4) is 0 Å². The van der Waals surface area contributed by atoms with Crippen molar-refractivity contribution in [2.45, 2.75) is 97.0 Å². The van der Waals surface area contributed by atoms with Crippen LogP contribution in [-0.4, -0.2) is 49.3 Å². The molecule has 0 bridgehead atoms. The first kappa shape index (κ1) is 50.9. The van der Waals surface area contributed by atoms with E-state index in [1.54, 1.807) is 30.4 Å². The minimum Gasteiger partial charge on any atom is -0.458 e. The van der Waals surface area contributed by atoms with Crippen molar-refractivity contribution in [2.75, 3.05) is 26.4 Å². The number of carbonyl (C=O) groups excluding carboxylic acids is 2. The highest BCUT2D eigenvalue weighted by atomic mass is 31.2. The minimum atomic E-state index is -4.46. The molecular formula is C45H66NO8P. The third kappa shape index (κ3) is 39.4. The summed E-state index contributed by atoms with van der Waals surface area (Å²) in [7, 11) is -4.46. The normalized spacial score (nSPS) is 14.9. The lowest BCUT2D eigenvalue weighted by Gasteiger charge is -2.18. The summed E-state index contributed by atoms with van der Waals surface area (Å²) >= 11 is 0. The summed E-state index contributed by atoms with van der Waals surface area (Å²) < 4.78 is 32.1. The van der Waals surface area contributed by atoms with E-state index in [1.807, 2.05) is 66.8 Å². The highest BCUT2D eigenvalue weighted by Crippen LogP contribution is 2.43. The van der Waals surface area contributed by atoms with Gasteiger partial charge >= 0.3 is 19.8 Å². The zero-order valence-corrected chi connectivity index (χ0v) is 34.0. The van der Waals surface area contributed by atoms with Gasteiger partial charge in [-0.3, -0.25) is 9.05 Å². The Hall–Kier alpha value is -4.11. The molecule has 2 atom stereocenters. The molecule has 55 heavy (non-hydrogen) atoms. The molecule has 0 saturated carbocycles. The standard InChI is InChI=1S/C45H66NO8P/c1-3-5-7-9-11-13-15-17-19-21-23-25-27-29-31-33-35-37-44(47)51-41-43(42-53-55(49,50)52-40-39-46)54-45(48)38-36-34-32-30-28-26-24-22-20-18-16-14-12-10-8-6-4-2/h15-38,43H,3-14,39-42,46H2,1-2H3,(H,49,50)/t43-/m1/s1. The molecular weight excluding hydrogens is 713 g/mol. The predicted octanol–water partition coefficient (Wildman–Crippen LogP) is 10.9. The van der Waals surface area contributed by atoms with Gasteiger partial charge in [0.1, 0.15) is 6.61 Å². The van der Waals surface area contributed by atoms with Crippen molar-refractivity contribution in [1.82, 2.24) is 0 Å². The number of allylic oxidation sites excluding steroid dienone is 22. The molecule has 0 aromatic rings. The Balaban J connectivity index is 4.76. The maximum absolute atomic E-state index is 12.4. The quantitative estimate of drug-likeness (QED) is 0.0219. The fraction of sp³-hybridized carbons (Fsp3) is 0.422. The Bertz CT molecular complexity index is 1390. The first-order valence-corrected chi connectivity index (χ1v) is 21.0. The van der Waals surface area contributed by atoms with E-state index in [2.05, 4.69) is 38.2 Å². The number of esters is 2. The third-order valence-electron chi connectivity index (χ3n) is 7.18. The summed E-state index contributed by atoms with van der Waals surface area (Å²) in [6.07, 6.45) is 57.3. The highest BCUT2D eigenvalue weighted by molar-refractivity contribution is 7.47. The Kier molecular flexibility index (Phi) is 36.6. The molecule has 0 rings (SSSR count). The van der Waals surface area contributed by atoms with Crippen LogP contribution in [0.2, 0.25) is 0 Å². The summed E-state index contributed by atoms with van der Waals surface area (Å²) in [5.74, 6) is -1.48. The van der Waals surface area contributed by atoms with Crippen molar-refractivity contribution >= 4 is 19.8 Å². The van der Waals surface area contributed by atoms with Crippen molar-refractivity contribution in [2.24, 2.45) is 5.73 Å². The second-order valence-corrected chi connectivity index (χ2v) is 13.6. The first-order chi connectivity index (χ1) is 26.8. The Labute approximate surface area is 331 Å². The number of carbonyl (C=O) groups is 2. The molecule has 3 N–H and O–H groups in total. The van der Waals surface area contributed by atoms with Crippen LogP contribution in [0.1, 0.15) is 90.9 Å². The number of rotatable bonds is 33. The maximum atomic E-state index is 12.4. The van der Waals surface area contributed by atoms with Gasteiger partial charge in [0.2, 0.25) is 0 Å². The number of hydrogen-bond donors (Lipinski definition) is 2. The zero-order valence-electron chi connectivity index (χ0n) is 33.1. The average molecular weight is 780 g/mol. The highest BCUT2D eigenvalue weighted by Gasteiger charge is 2.25. The van der Waals surface area contributed by atoms with Crippen LogP contribution in [0.15, 0.2) is 146 Å². The number of ether oxygens (including phenoxy) is 2. The van der Waals surface area contributed by atoms with Gasteiger partial charge in [-0.1, -0.05) is 199 Å². The van der Waals surface area contributed by atoms with Gasteiger partial charge in [-0.25, -0.2) is 14.2 Å². The van der Waals surface area contributed by atoms with Crippen LogP contribution >= 0.6 is 7.82 Å². The van der Waals surface area contributed by atoms with Crippen LogP contribution < -0.4 is 5.73 Å². The summed E-state index contributed by atoms with van der Waals surface area (Å²) in [6.45, 7) is 3.24. The van der Waals surface area contributed by atoms with Crippen molar-refractivity contribution in [3.8, 4) is 0 Å². The maximum Gasteiger partial charge on any atom is 0.472 e. The van der Waals surface area contributed by atoms with E-state index in [-0.39, 0.29) is 13.2 Å². The van der Waals surface area contributed by atoms with Gasteiger partial charge in [-0.2, -0.15) is 0 Å². The van der Waals surface area contributed by atoms with Crippen molar-refractivity contribution in [1.29, 1.82) is 0 Å². The van der Waals surface area contributed by atoms with Crippen LogP contribution in [0, 0.1) is 0 Å². The molecule has 10 heteroatoms. The Morgan fingerprint density at radius 1 is 0.545 bits per heavy atom. The molecule has 0 aromatic carbocycles. The second kappa shape index (κ2) is 39.6. The van der Waals surface area contributed by atoms with Gasteiger partial charge in [0, 0.05) is 18.7 Å². The monoisotopic (exact) mass is 779 g/mol. The molecule has 0 amide bonds. The minimum absolute atomic E-state index is 0.00353. The smallest absolute Gasteiger partial charge is 0.458 e. The van der Waals surface area contributed by atoms with Crippen LogP contribution in [0.4, 0.5) is 0 Å². The van der Waals surface area contributed by atoms with E-state index in [9.17, 15) is 19.0 Å². The van der Waals surface area contributed by atoms with Crippen LogP contribution in [-0.2, 0) is 32.7 Å². The predicted molar refractivity (Wildman–Crippen MR) is 228 cm³/mol. The lowest BCUT2D eigenvalue weighted by atomic mass is 10.1. The van der Waals surface area contributed by atoms with Gasteiger partial charge in [-0.15, -0.1) is 0 Å². The molecule has 304 valence electrons. The molecule has 0 aliphatic heterocycles. The van der Waals surface area contributed by atoms with Gasteiger partial charge in [0.25, 0.3) is 0 Å². The molecule has 0 aromatic heterocycles. The number of phosphoric acid groups is 1. The Morgan fingerprint density at radius 3 is 1.38 bits per heavy atom. The SMILES string of the molecule is CCCCCCCC=CC=CC=CC=CC=CC=CC(=O)OC[C@H](COP(=O)(O)OCCN)OC(=O)C=CC=CC=CC=CC=CC=CCCCCCCC. The summed E-state index contributed by atoms with van der Waals surface area (Å²) in [5.41, 5.74) is 5.31. The molecule has 0 saturated heterocycles. The van der Waals surface area contributed by atoms with E-state index < -0.39 is 39.1 Å². The zero-order chi connectivity index (χ0) is 40.3. The van der Waals surface area contributed by atoms with Crippen LogP contribution in [0.25, 0.3) is 0 Å².